The third-order valence-corrected chi connectivity index (χ3v) is 3.12. The maximum absolute atomic E-state index is 12.7. The van der Waals surface area contributed by atoms with Gasteiger partial charge in [-0.3, -0.25) is 0 Å². The van der Waals surface area contributed by atoms with Crippen LogP contribution in [0.2, 0.25) is 0 Å². The molecule has 0 spiro atoms. The Bertz CT molecular complexity index is 525. The molecule has 7 heteroatoms. The van der Waals surface area contributed by atoms with Gasteiger partial charge in [-0.15, -0.1) is 0 Å². The minimum atomic E-state index is -4.34. The second kappa shape index (κ2) is 5.66. The number of benzene rings is 1. The summed E-state index contributed by atoms with van der Waals surface area (Å²) in [4.78, 5) is 0. The molecule has 1 unspecified atom stereocenters. The third kappa shape index (κ3) is 3.30. The molecular weight excluding hydrogens is 275 g/mol. The van der Waals surface area contributed by atoms with Crippen molar-refractivity contribution in [3.8, 4) is 0 Å². The summed E-state index contributed by atoms with van der Waals surface area (Å²) in [5.74, 6) is 0. The Hall–Kier alpha value is -1.47. The highest BCUT2D eigenvalue weighted by Crippen LogP contribution is 2.31. The van der Waals surface area contributed by atoms with Crippen LogP contribution in [0.25, 0.3) is 0 Å². The predicted molar refractivity (Wildman–Crippen MR) is 66.9 cm³/mol. The molecule has 2 aromatic rings. The van der Waals surface area contributed by atoms with Crippen LogP contribution in [0.4, 0.5) is 13.2 Å². The lowest BCUT2D eigenvalue weighted by Gasteiger charge is -2.17. The zero-order chi connectivity index (χ0) is 13.9. The van der Waals surface area contributed by atoms with Gasteiger partial charge < -0.3 is 5.32 Å². The van der Waals surface area contributed by atoms with Gasteiger partial charge in [0, 0.05) is 0 Å². The van der Waals surface area contributed by atoms with Gasteiger partial charge >= 0.3 is 6.18 Å². The van der Waals surface area contributed by atoms with Crippen molar-refractivity contribution in [1.29, 1.82) is 0 Å². The van der Waals surface area contributed by atoms with Crippen molar-refractivity contribution >= 4 is 11.7 Å². The number of aromatic nitrogens is 2. The van der Waals surface area contributed by atoms with Crippen LogP contribution in [0, 0.1) is 0 Å². The lowest BCUT2D eigenvalue weighted by molar-refractivity contribution is -0.137. The summed E-state index contributed by atoms with van der Waals surface area (Å²) in [6, 6.07) is 4.90. The quantitative estimate of drug-likeness (QED) is 0.938. The molecule has 0 amide bonds. The van der Waals surface area contributed by atoms with Gasteiger partial charge in [0.25, 0.3) is 0 Å². The van der Waals surface area contributed by atoms with Gasteiger partial charge in [0.2, 0.25) is 0 Å². The zero-order valence-electron chi connectivity index (χ0n) is 10.1. The molecule has 1 heterocycles. The molecule has 1 N–H and O–H groups in total. The maximum Gasteiger partial charge on any atom is 0.416 e. The van der Waals surface area contributed by atoms with Gasteiger partial charge in [-0.2, -0.15) is 21.9 Å². The number of hydrogen-bond acceptors (Lipinski definition) is 4. The molecule has 102 valence electrons. The second-order valence-electron chi connectivity index (χ2n) is 3.95. The van der Waals surface area contributed by atoms with Crippen LogP contribution in [-0.4, -0.2) is 15.3 Å². The maximum atomic E-state index is 12.7. The molecule has 3 nitrogen and oxygen atoms in total. The van der Waals surface area contributed by atoms with Gasteiger partial charge in [-0.05, 0) is 24.2 Å². The van der Waals surface area contributed by atoms with Crippen molar-refractivity contribution in [3.05, 3.63) is 47.3 Å². The summed E-state index contributed by atoms with van der Waals surface area (Å²) < 4.78 is 46.1. The Balaban J connectivity index is 2.37. The number of nitrogens with zero attached hydrogens (tertiary/aromatic N) is 2. The molecule has 1 atom stereocenters. The van der Waals surface area contributed by atoms with E-state index < -0.39 is 11.7 Å². The molecule has 0 fully saturated rings. The van der Waals surface area contributed by atoms with Crippen LogP contribution in [0.15, 0.2) is 30.5 Å². The molecule has 0 aliphatic heterocycles. The molecule has 2 rings (SSSR count). The smallest absolute Gasteiger partial charge is 0.305 e. The zero-order valence-corrected chi connectivity index (χ0v) is 10.9. The van der Waals surface area contributed by atoms with Crippen LogP contribution >= 0.6 is 11.7 Å². The van der Waals surface area contributed by atoms with E-state index in [4.69, 9.17) is 0 Å². The minimum absolute atomic E-state index is 0.369. The standard InChI is InChI=1S/C12H12F3N3S/c1-2-16-11(10-7-17-19-18-10)8-4-3-5-9(6-8)12(13,14)15/h3-7,11,16H,2H2,1H3. The summed E-state index contributed by atoms with van der Waals surface area (Å²) in [7, 11) is 0. The Morgan fingerprint density at radius 3 is 2.74 bits per heavy atom. The van der Waals surface area contributed by atoms with Crippen LogP contribution in [0.1, 0.15) is 29.8 Å². The fraction of sp³-hybridized carbons (Fsp3) is 0.333. The molecule has 0 aliphatic carbocycles. The van der Waals surface area contributed by atoms with Crippen LogP contribution in [-0.2, 0) is 6.18 Å². The summed E-state index contributed by atoms with van der Waals surface area (Å²) in [6.07, 6.45) is -2.77. The summed E-state index contributed by atoms with van der Waals surface area (Å²) in [6.45, 7) is 2.51. The van der Waals surface area contributed by atoms with E-state index in [9.17, 15) is 13.2 Å². The molecular formula is C12H12F3N3S. The monoisotopic (exact) mass is 287 g/mol. The lowest BCUT2D eigenvalue weighted by Crippen LogP contribution is -2.22. The predicted octanol–water partition coefficient (Wildman–Crippen LogP) is 3.26. The van der Waals surface area contributed by atoms with Crippen molar-refractivity contribution in [2.24, 2.45) is 0 Å². The molecule has 0 saturated heterocycles. The van der Waals surface area contributed by atoms with E-state index in [-0.39, 0.29) is 6.04 Å². The summed E-state index contributed by atoms with van der Waals surface area (Å²) >= 11 is 1.04. The average molecular weight is 287 g/mol. The van der Waals surface area contributed by atoms with E-state index in [1.165, 1.54) is 6.07 Å². The van der Waals surface area contributed by atoms with Crippen LogP contribution in [0.3, 0.4) is 0 Å². The van der Waals surface area contributed by atoms with E-state index >= 15 is 0 Å². The SMILES string of the molecule is CCNC(c1cccc(C(F)(F)F)c1)c1cnsn1. The Morgan fingerprint density at radius 2 is 2.16 bits per heavy atom. The van der Waals surface area contributed by atoms with E-state index in [1.807, 2.05) is 6.92 Å². The Labute approximate surface area is 112 Å². The van der Waals surface area contributed by atoms with Crippen molar-refractivity contribution < 1.29 is 13.2 Å². The minimum Gasteiger partial charge on any atom is -0.305 e. The van der Waals surface area contributed by atoms with Gasteiger partial charge in [0.05, 0.1) is 35.2 Å². The molecule has 1 aromatic carbocycles. The largest absolute Gasteiger partial charge is 0.416 e. The van der Waals surface area contributed by atoms with Gasteiger partial charge in [0.15, 0.2) is 0 Å². The fourth-order valence-electron chi connectivity index (χ4n) is 1.79. The molecule has 0 bridgehead atoms. The van der Waals surface area contributed by atoms with Crippen molar-refractivity contribution in [1.82, 2.24) is 14.1 Å². The number of nitrogens with one attached hydrogen (secondary N) is 1. The van der Waals surface area contributed by atoms with Crippen LogP contribution in [0.5, 0.6) is 0 Å². The first-order valence-electron chi connectivity index (χ1n) is 5.70. The van der Waals surface area contributed by atoms with Crippen molar-refractivity contribution in [2.75, 3.05) is 6.54 Å². The highest BCUT2D eigenvalue weighted by Gasteiger charge is 2.31. The Morgan fingerprint density at radius 1 is 1.37 bits per heavy atom. The van der Waals surface area contributed by atoms with Crippen molar-refractivity contribution in [2.45, 2.75) is 19.1 Å². The van der Waals surface area contributed by atoms with Crippen LogP contribution < -0.4 is 5.32 Å². The average Bonchev–Trinajstić information content (AvgIpc) is 2.88. The first-order valence-corrected chi connectivity index (χ1v) is 6.43. The number of halogens is 3. The number of hydrogen-bond donors (Lipinski definition) is 1. The molecule has 0 radical (unpaired) electrons. The van der Waals surface area contributed by atoms with E-state index in [0.29, 0.717) is 17.8 Å². The molecule has 1 aromatic heterocycles. The normalized spacial score (nSPS) is 13.5. The second-order valence-corrected chi connectivity index (χ2v) is 4.50. The third-order valence-electron chi connectivity index (χ3n) is 2.63. The topological polar surface area (TPSA) is 37.8 Å². The molecule has 19 heavy (non-hydrogen) atoms. The Kier molecular flexibility index (Phi) is 4.16. The lowest BCUT2D eigenvalue weighted by atomic mass is 10.0. The summed E-state index contributed by atoms with van der Waals surface area (Å²) in [5.41, 5.74) is 0.506. The van der Waals surface area contributed by atoms with E-state index in [2.05, 4.69) is 14.1 Å². The summed E-state index contributed by atoms with van der Waals surface area (Å²) in [5, 5.41) is 3.12. The first kappa shape index (κ1) is 14.0. The van der Waals surface area contributed by atoms with E-state index in [0.717, 1.165) is 23.9 Å². The highest BCUT2D eigenvalue weighted by molar-refractivity contribution is 6.99. The van der Waals surface area contributed by atoms with Gasteiger partial charge in [0.1, 0.15) is 0 Å². The van der Waals surface area contributed by atoms with Gasteiger partial charge in [-0.25, -0.2) is 0 Å². The highest BCUT2D eigenvalue weighted by atomic mass is 32.1. The number of rotatable bonds is 4. The first-order chi connectivity index (χ1) is 9.02. The number of alkyl halides is 3. The molecule has 0 saturated carbocycles. The fourth-order valence-corrected chi connectivity index (χ4v) is 2.24. The van der Waals surface area contributed by atoms with E-state index in [1.54, 1.807) is 12.3 Å². The van der Waals surface area contributed by atoms with Crippen molar-refractivity contribution in [3.63, 3.8) is 0 Å². The van der Waals surface area contributed by atoms with Gasteiger partial charge in [-0.1, -0.05) is 19.1 Å². The molecule has 0 aliphatic rings.